The highest BCUT2D eigenvalue weighted by molar-refractivity contribution is 5.76. The van der Waals surface area contributed by atoms with E-state index in [0.717, 1.165) is 5.39 Å². The van der Waals surface area contributed by atoms with Gasteiger partial charge in [0, 0.05) is 23.2 Å². The Morgan fingerprint density at radius 2 is 2.21 bits per heavy atom. The summed E-state index contributed by atoms with van der Waals surface area (Å²) in [5.74, 6) is 0.435. The van der Waals surface area contributed by atoms with Gasteiger partial charge in [0.15, 0.2) is 0 Å². The molecule has 0 radical (unpaired) electrons. The first-order chi connectivity index (χ1) is 6.70. The topological polar surface area (TPSA) is 52.3 Å². The molecule has 0 atom stereocenters. The highest BCUT2D eigenvalue weighted by Gasteiger charge is 2.03. The normalized spacial score (nSPS) is 10.4. The van der Waals surface area contributed by atoms with Gasteiger partial charge in [0.1, 0.15) is 5.58 Å². The minimum atomic E-state index is -0.328. The van der Waals surface area contributed by atoms with Crippen molar-refractivity contribution in [3.63, 3.8) is 0 Å². The van der Waals surface area contributed by atoms with Crippen LogP contribution < -0.4 is 10.4 Å². The van der Waals surface area contributed by atoms with Crippen molar-refractivity contribution < 1.29 is 9.15 Å². The average Bonchev–Trinajstić information content (AvgIpc) is 2.19. The lowest BCUT2D eigenvalue weighted by Crippen LogP contribution is -2.02. The zero-order valence-electron chi connectivity index (χ0n) is 7.90. The quantitative estimate of drug-likeness (QED) is 0.685. The molecule has 0 N–H and O–H groups in total. The maximum absolute atomic E-state index is 11.2. The second-order valence-corrected chi connectivity index (χ2v) is 2.98. The van der Waals surface area contributed by atoms with E-state index >= 15 is 0 Å². The number of aryl methyl sites for hydroxylation is 1. The molecular weight excluding hydrogens is 182 g/mol. The summed E-state index contributed by atoms with van der Waals surface area (Å²) in [5.41, 5.74) is 0.739. The largest absolute Gasteiger partial charge is 0.481 e. The monoisotopic (exact) mass is 191 g/mol. The van der Waals surface area contributed by atoms with Gasteiger partial charge in [-0.05, 0) is 13.0 Å². The smallest absolute Gasteiger partial charge is 0.339 e. The Bertz CT molecular complexity index is 530. The summed E-state index contributed by atoms with van der Waals surface area (Å²) in [6.07, 6.45) is 1.62. The molecule has 0 aliphatic heterocycles. The van der Waals surface area contributed by atoms with Crippen LogP contribution in [-0.4, -0.2) is 12.1 Å². The first kappa shape index (κ1) is 8.74. The number of hydrogen-bond acceptors (Lipinski definition) is 4. The van der Waals surface area contributed by atoms with E-state index in [0.29, 0.717) is 17.0 Å². The van der Waals surface area contributed by atoms with Crippen molar-refractivity contribution in [1.29, 1.82) is 0 Å². The van der Waals surface area contributed by atoms with Gasteiger partial charge in [-0.2, -0.15) is 0 Å². The maximum Gasteiger partial charge on any atom is 0.339 e. The molecule has 0 saturated carbocycles. The number of fused-ring (bicyclic) bond motifs is 1. The Morgan fingerprint density at radius 3 is 2.93 bits per heavy atom. The Kier molecular flexibility index (Phi) is 1.96. The Balaban J connectivity index is 2.77. The van der Waals surface area contributed by atoms with Gasteiger partial charge in [-0.25, -0.2) is 9.78 Å². The molecule has 4 nitrogen and oxygen atoms in total. The molecule has 0 amide bonds. The van der Waals surface area contributed by atoms with Gasteiger partial charge >= 0.3 is 5.63 Å². The van der Waals surface area contributed by atoms with E-state index in [2.05, 4.69) is 4.98 Å². The lowest BCUT2D eigenvalue weighted by molar-refractivity contribution is 0.397. The molecule has 0 saturated heterocycles. The van der Waals surface area contributed by atoms with Crippen molar-refractivity contribution >= 4 is 11.0 Å². The minimum absolute atomic E-state index is 0.328. The van der Waals surface area contributed by atoms with E-state index in [4.69, 9.17) is 9.15 Å². The predicted molar refractivity (Wildman–Crippen MR) is 51.6 cm³/mol. The fourth-order valence-electron chi connectivity index (χ4n) is 1.21. The summed E-state index contributed by atoms with van der Waals surface area (Å²) < 4.78 is 9.98. The van der Waals surface area contributed by atoms with E-state index in [-0.39, 0.29) is 5.63 Å². The van der Waals surface area contributed by atoms with Crippen LogP contribution in [0.25, 0.3) is 11.0 Å². The highest BCUT2D eigenvalue weighted by Crippen LogP contribution is 2.16. The zero-order chi connectivity index (χ0) is 10.1. The fraction of sp³-hybridized carbons (Fsp3) is 0.200. The van der Waals surface area contributed by atoms with Gasteiger partial charge in [-0.3, -0.25) is 0 Å². The summed E-state index contributed by atoms with van der Waals surface area (Å²) in [6.45, 7) is 1.70. The standard InChI is InChI=1S/C10H9NO3/c1-6-3-7-5-11-9(13-2)4-8(7)14-10(6)12/h3-5H,1-2H3. The molecule has 0 unspecified atom stereocenters. The summed E-state index contributed by atoms with van der Waals surface area (Å²) in [7, 11) is 1.51. The van der Waals surface area contributed by atoms with E-state index in [1.54, 1.807) is 25.3 Å². The van der Waals surface area contributed by atoms with Crippen LogP contribution in [0.1, 0.15) is 5.56 Å². The number of pyridine rings is 1. The van der Waals surface area contributed by atoms with Gasteiger partial charge in [-0.15, -0.1) is 0 Å². The van der Waals surface area contributed by atoms with Crippen molar-refractivity contribution in [1.82, 2.24) is 4.98 Å². The number of nitrogens with zero attached hydrogens (tertiary/aromatic N) is 1. The number of hydrogen-bond donors (Lipinski definition) is 0. The Hall–Kier alpha value is -1.84. The molecule has 0 fully saturated rings. The zero-order valence-corrected chi connectivity index (χ0v) is 7.90. The first-order valence-corrected chi connectivity index (χ1v) is 4.15. The van der Waals surface area contributed by atoms with Crippen LogP contribution in [0.15, 0.2) is 27.5 Å². The Morgan fingerprint density at radius 1 is 1.43 bits per heavy atom. The van der Waals surface area contributed by atoms with E-state index < -0.39 is 0 Å². The number of methoxy groups -OCH3 is 1. The molecule has 0 spiro atoms. The maximum atomic E-state index is 11.2. The van der Waals surface area contributed by atoms with E-state index in [1.165, 1.54) is 7.11 Å². The van der Waals surface area contributed by atoms with Crippen LogP contribution in [0.5, 0.6) is 5.88 Å². The van der Waals surface area contributed by atoms with Crippen molar-refractivity contribution in [2.24, 2.45) is 0 Å². The van der Waals surface area contributed by atoms with Gasteiger partial charge in [0.05, 0.1) is 7.11 Å². The van der Waals surface area contributed by atoms with Gasteiger partial charge in [-0.1, -0.05) is 0 Å². The molecule has 0 aliphatic rings. The van der Waals surface area contributed by atoms with E-state index in [9.17, 15) is 4.79 Å². The lowest BCUT2D eigenvalue weighted by atomic mass is 10.2. The second-order valence-electron chi connectivity index (χ2n) is 2.98. The molecular formula is C10H9NO3. The first-order valence-electron chi connectivity index (χ1n) is 4.15. The van der Waals surface area contributed by atoms with Crippen molar-refractivity contribution in [2.75, 3.05) is 7.11 Å². The molecule has 0 bridgehead atoms. The molecule has 0 aliphatic carbocycles. The van der Waals surface area contributed by atoms with Crippen molar-refractivity contribution in [2.45, 2.75) is 6.92 Å². The third-order valence-corrected chi connectivity index (χ3v) is 1.98. The van der Waals surface area contributed by atoms with Gasteiger partial charge in [0.25, 0.3) is 0 Å². The third kappa shape index (κ3) is 1.35. The van der Waals surface area contributed by atoms with Crippen LogP contribution in [-0.2, 0) is 0 Å². The summed E-state index contributed by atoms with van der Waals surface area (Å²) in [4.78, 5) is 15.2. The van der Waals surface area contributed by atoms with Crippen LogP contribution >= 0.6 is 0 Å². The molecule has 2 heterocycles. The summed E-state index contributed by atoms with van der Waals surface area (Å²) in [6, 6.07) is 3.34. The predicted octanol–water partition coefficient (Wildman–Crippen LogP) is 1.51. The Labute approximate surface area is 80.1 Å². The lowest BCUT2D eigenvalue weighted by Gasteiger charge is -2.00. The van der Waals surface area contributed by atoms with Crippen LogP contribution in [0.2, 0.25) is 0 Å². The fourth-order valence-corrected chi connectivity index (χ4v) is 1.21. The number of aromatic nitrogens is 1. The van der Waals surface area contributed by atoms with Crippen molar-refractivity contribution in [3.05, 3.63) is 34.3 Å². The SMILES string of the molecule is COc1cc2oc(=O)c(C)cc2cn1. The number of ether oxygens (including phenoxy) is 1. The van der Waals surface area contributed by atoms with Gasteiger partial charge in [0.2, 0.25) is 5.88 Å². The minimum Gasteiger partial charge on any atom is -0.481 e. The van der Waals surface area contributed by atoms with Crippen LogP contribution in [0.3, 0.4) is 0 Å². The van der Waals surface area contributed by atoms with Crippen LogP contribution in [0, 0.1) is 6.92 Å². The molecule has 4 heteroatoms. The molecule has 2 rings (SSSR count). The molecule has 72 valence electrons. The summed E-state index contributed by atoms with van der Waals surface area (Å²) in [5, 5.41) is 0.794. The van der Waals surface area contributed by atoms with Gasteiger partial charge < -0.3 is 9.15 Å². The molecule has 2 aromatic heterocycles. The second kappa shape index (κ2) is 3.14. The molecule has 2 aromatic rings. The summed E-state index contributed by atoms with van der Waals surface area (Å²) >= 11 is 0. The molecule has 0 aromatic carbocycles. The van der Waals surface area contributed by atoms with Crippen LogP contribution in [0.4, 0.5) is 0 Å². The van der Waals surface area contributed by atoms with Crippen molar-refractivity contribution in [3.8, 4) is 5.88 Å². The number of rotatable bonds is 1. The average molecular weight is 191 g/mol. The third-order valence-electron chi connectivity index (χ3n) is 1.98. The molecule has 14 heavy (non-hydrogen) atoms. The van der Waals surface area contributed by atoms with E-state index in [1.807, 2.05) is 0 Å². The highest BCUT2D eigenvalue weighted by atomic mass is 16.5.